The predicted octanol–water partition coefficient (Wildman–Crippen LogP) is 2.36. The Labute approximate surface area is 135 Å². The van der Waals surface area contributed by atoms with Crippen LogP contribution < -0.4 is 20.3 Å². The summed E-state index contributed by atoms with van der Waals surface area (Å²) in [5.74, 6) is 1.50. The number of anilines is 1. The molecule has 0 aliphatic carbocycles. The Balaban J connectivity index is 1.62. The highest BCUT2D eigenvalue weighted by Crippen LogP contribution is 2.35. The van der Waals surface area contributed by atoms with Gasteiger partial charge in [-0.2, -0.15) is 4.52 Å². The van der Waals surface area contributed by atoms with Gasteiger partial charge in [0.05, 0.1) is 6.04 Å². The Bertz CT molecular complexity index is 950. The second-order valence-electron chi connectivity index (χ2n) is 5.32. The molecule has 3 heterocycles. The number of rotatable bonds is 3. The average Bonchev–Trinajstić information content (AvgIpc) is 3.12. The first kappa shape index (κ1) is 14.0. The summed E-state index contributed by atoms with van der Waals surface area (Å²) in [5.41, 5.74) is 1.56. The zero-order chi connectivity index (χ0) is 16.0. The van der Waals surface area contributed by atoms with E-state index in [0.29, 0.717) is 15.8 Å². The van der Waals surface area contributed by atoms with Crippen LogP contribution in [0.15, 0.2) is 29.1 Å². The van der Waals surface area contributed by atoms with E-state index in [1.807, 2.05) is 25.1 Å². The van der Waals surface area contributed by atoms with E-state index in [9.17, 15) is 4.79 Å². The zero-order valence-corrected chi connectivity index (χ0v) is 13.4. The molecule has 2 aromatic heterocycles. The smallest absolute Gasteiger partial charge is 0.275 e. The minimum absolute atomic E-state index is 0.00172. The number of hydrogen-bond donors (Lipinski definition) is 1. The first-order valence-electron chi connectivity index (χ1n) is 7.14. The van der Waals surface area contributed by atoms with Gasteiger partial charge < -0.3 is 14.8 Å². The van der Waals surface area contributed by atoms with E-state index in [2.05, 4.69) is 15.4 Å². The molecular formula is C15H14N4O3S. The minimum atomic E-state index is -0.174. The van der Waals surface area contributed by atoms with E-state index in [4.69, 9.17) is 9.47 Å². The summed E-state index contributed by atoms with van der Waals surface area (Å²) in [4.78, 5) is 16.8. The fourth-order valence-corrected chi connectivity index (χ4v) is 3.37. The summed E-state index contributed by atoms with van der Waals surface area (Å²) >= 11 is 1.35. The van der Waals surface area contributed by atoms with E-state index < -0.39 is 0 Å². The Hall–Kier alpha value is -2.61. The fourth-order valence-electron chi connectivity index (χ4n) is 2.43. The monoisotopic (exact) mass is 330 g/mol. The maximum atomic E-state index is 11.9. The molecule has 8 heteroatoms. The van der Waals surface area contributed by atoms with Crippen LogP contribution in [0.4, 0.5) is 5.13 Å². The molecule has 1 N–H and O–H groups in total. The molecule has 0 bridgehead atoms. The second-order valence-corrected chi connectivity index (χ2v) is 6.27. The Kier molecular flexibility index (Phi) is 3.19. The molecule has 118 valence electrons. The molecule has 1 aromatic carbocycles. The lowest BCUT2D eigenvalue weighted by Crippen LogP contribution is -2.14. The lowest BCUT2D eigenvalue weighted by Gasteiger charge is -2.13. The summed E-state index contributed by atoms with van der Waals surface area (Å²) in [6.07, 6.45) is 0. The van der Waals surface area contributed by atoms with Crippen molar-refractivity contribution in [3.05, 3.63) is 45.9 Å². The third-order valence-electron chi connectivity index (χ3n) is 3.61. The molecule has 0 amide bonds. The molecule has 0 saturated heterocycles. The van der Waals surface area contributed by atoms with Crippen molar-refractivity contribution in [2.75, 3.05) is 12.1 Å². The molecule has 0 saturated carbocycles. The molecule has 0 fully saturated rings. The minimum Gasteiger partial charge on any atom is -0.454 e. The molecule has 4 rings (SSSR count). The first-order chi connectivity index (χ1) is 11.1. The van der Waals surface area contributed by atoms with Crippen LogP contribution in [-0.2, 0) is 0 Å². The van der Waals surface area contributed by atoms with Gasteiger partial charge in [0.1, 0.15) is 0 Å². The van der Waals surface area contributed by atoms with Gasteiger partial charge >= 0.3 is 0 Å². The molecule has 0 spiro atoms. The molecule has 3 aromatic rings. The van der Waals surface area contributed by atoms with Gasteiger partial charge in [0.15, 0.2) is 11.5 Å². The Morgan fingerprint density at radius 1 is 1.30 bits per heavy atom. The second kappa shape index (κ2) is 5.24. The SMILES string of the molecule is Cc1cc(=O)n2nc(NC(C)c3ccc4c(c3)OCO4)sc2n1. The standard InChI is InChI=1S/C15H14N4O3S/c1-8-5-13(20)19-15(16-8)23-14(18-19)17-9(2)10-3-4-11-12(6-10)22-7-21-11/h3-6,9H,7H2,1-2H3,(H,17,18). The Morgan fingerprint density at radius 3 is 3.00 bits per heavy atom. The van der Waals surface area contributed by atoms with Crippen molar-refractivity contribution in [2.24, 2.45) is 0 Å². The highest BCUT2D eigenvalue weighted by molar-refractivity contribution is 7.20. The number of nitrogens with zero attached hydrogens (tertiary/aromatic N) is 3. The lowest BCUT2D eigenvalue weighted by atomic mass is 10.1. The summed E-state index contributed by atoms with van der Waals surface area (Å²) < 4.78 is 12.0. The van der Waals surface area contributed by atoms with Crippen molar-refractivity contribution in [3.63, 3.8) is 0 Å². The molecule has 23 heavy (non-hydrogen) atoms. The van der Waals surface area contributed by atoms with Crippen LogP contribution in [0.25, 0.3) is 4.96 Å². The summed E-state index contributed by atoms with van der Waals surface area (Å²) in [6.45, 7) is 4.07. The topological polar surface area (TPSA) is 77.8 Å². The molecule has 1 atom stereocenters. The third kappa shape index (κ3) is 2.50. The van der Waals surface area contributed by atoms with Crippen LogP contribution in [0.5, 0.6) is 11.5 Å². The summed E-state index contributed by atoms with van der Waals surface area (Å²) in [6, 6.07) is 7.29. The maximum absolute atomic E-state index is 11.9. The van der Waals surface area contributed by atoms with Crippen molar-refractivity contribution in [1.29, 1.82) is 0 Å². The van der Waals surface area contributed by atoms with Crippen LogP contribution in [0.3, 0.4) is 0 Å². The molecule has 1 unspecified atom stereocenters. The van der Waals surface area contributed by atoms with Crippen molar-refractivity contribution >= 4 is 21.4 Å². The number of hydrogen-bond acceptors (Lipinski definition) is 7. The van der Waals surface area contributed by atoms with Crippen LogP contribution in [-0.4, -0.2) is 21.4 Å². The van der Waals surface area contributed by atoms with Gasteiger partial charge in [-0.25, -0.2) is 4.98 Å². The zero-order valence-electron chi connectivity index (χ0n) is 12.6. The lowest BCUT2D eigenvalue weighted by molar-refractivity contribution is 0.174. The molecular weight excluding hydrogens is 316 g/mol. The number of aromatic nitrogens is 3. The van der Waals surface area contributed by atoms with Gasteiger partial charge in [-0.3, -0.25) is 4.79 Å². The summed E-state index contributed by atoms with van der Waals surface area (Å²) in [5, 5.41) is 8.23. The van der Waals surface area contributed by atoms with Gasteiger partial charge in [-0.15, -0.1) is 5.10 Å². The molecule has 1 aliphatic rings. The van der Waals surface area contributed by atoms with E-state index >= 15 is 0 Å². The van der Waals surface area contributed by atoms with E-state index in [1.54, 1.807) is 6.92 Å². The first-order valence-corrected chi connectivity index (χ1v) is 7.95. The van der Waals surface area contributed by atoms with Gasteiger partial charge in [0, 0.05) is 11.8 Å². The number of benzene rings is 1. The molecule has 7 nitrogen and oxygen atoms in total. The van der Waals surface area contributed by atoms with E-state index in [0.717, 1.165) is 17.1 Å². The van der Waals surface area contributed by atoms with Crippen molar-refractivity contribution < 1.29 is 9.47 Å². The van der Waals surface area contributed by atoms with Gasteiger partial charge in [0.2, 0.25) is 16.9 Å². The highest BCUT2D eigenvalue weighted by Gasteiger charge is 2.17. The van der Waals surface area contributed by atoms with Crippen LogP contribution in [0, 0.1) is 6.92 Å². The molecule has 0 radical (unpaired) electrons. The third-order valence-corrected chi connectivity index (χ3v) is 4.45. The fraction of sp³-hybridized carbons (Fsp3) is 0.267. The van der Waals surface area contributed by atoms with Gasteiger partial charge in [-0.05, 0) is 31.5 Å². The predicted molar refractivity (Wildman–Crippen MR) is 86.5 cm³/mol. The summed E-state index contributed by atoms with van der Waals surface area (Å²) in [7, 11) is 0. The maximum Gasteiger partial charge on any atom is 0.275 e. The number of ether oxygens (including phenoxy) is 2. The number of aryl methyl sites for hydroxylation is 1. The molecule has 1 aliphatic heterocycles. The Morgan fingerprint density at radius 2 is 2.13 bits per heavy atom. The quantitative estimate of drug-likeness (QED) is 0.794. The average molecular weight is 330 g/mol. The number of nitrogens with one attached hydrogen (secondary N) is 1. The van der Waals surface area contributed by atoms with Crippen LogP contribution in [0.1, 0.15) is 24.2 Å². The van der Waals surface area contributed by atoms with Gasteiger partial charge in [0.25, 0.3) is 5.56 Å². The van der Waals surface area contributed by atoms with E-state index in [1.165, 1.54) is 21.9 Å². The van der Waals surface area contributed by atoms with Gasteiger partial charge in [-0.1, -0.05) is 17.4 Å². The van der Waals surface area contributed by atoms with Crippen molar-refractivity contribution in [3.8, 4) is 11.5 Å². The normalized spacial score (nSPS) is 14.2. The highest BCUT2D eigenvalue weighted by atomic mass is 32.1. The van der Waals surface area contributed by atoms with E-state index in [-0.39, 0.29) is 18.4 Å². The van der Waals surface area contributed by atoms with Crippen LogP contribution >= 0.6 is 11.3 Å². The van der Waals surface area contributed by atoms with Crippen molar-refractivity contribution in [2.45, 2.75) is 19.9 Å². The van der Waals surface area contributed by atoms with Crippen molar-refractivity contribution in [1.82, 2.24) is 14.6 Å². The van der Waals surface area contributed by atoms with Crippen LogP contribution in [0.2, 0.25) is 0 Å². The largest absolute Gasteiger partial charge is 0.454 e. The number of fused-ring (bicyclic) bond motifs is 2.